The Hall–Kier alpha value is -1.64. The van der Waals surface area contributed by atoms with Crippen molar-refractivity contribution in [1.29, 1.82) is 0 Å². The first-order valence-corrected chi connectivity index (χ1v) is 5.58. The van der Waals surface area contributed by atoms with Crippen LogP contribution in [-0.2, 0) is 9.53 Å². The van der Waals surface area contributed by atoms with Crippen molar-refractivity contribution in [3.63, 3.8) is 0 Å². The Morgan fingerprint density at radius 3 is 2.94 bits per heavy atom. The second-order valence-electron chi connectivity index (χ2n) is 3.62. The molecule has 17 heavy (non-hydrogen) atoms. The fraction of sp³-hybridized carbons (Fsp3) is 0.333. The first kappa shape index (κ1) is 11.8. The molecule has 0 spiro atoms. The second kappa shape index (κ2) is 4.32. The normalized spacial score (nSPS) is 17.4. The van der Waals surface area contributed by atoms with Crippen molar-refractivity contribution in [1.82, 2.24) is 0 Å². The molecule has 1 aromatic rings. The zero-order valence-electron chi connectivity index (χ0n) is 9.41. The van der Waals surface area contributed by atoms with Crippen LogP contribution in [0.5, 0.6) is 11.5 Å². The Kier molecular flexibility index (Phi) is 3.01. The largest absolute Gasteiger partial charge is 0.505 e. The molecule has 0 aromatic heterocycles. The van der Waals surface area contributed by atoms with Gasteiger partial charge < -0.3 is 14.6 Å². The van der Waals surface area contributed by atoms with Gasteiger partial charge in [0.2, 0.25) is 0 Å². The molecule has 1 heterocycles. The molecular weight excluding hydrogens is 244 g/mol. The lowest BCUT2D eigenvalue weighted by atomic mass is 10.2. The number of phenols is 1. The van der Waals surface area contributed by atoms with Gasteiger partial charge in [0.1, 0.15) is 22.7 Å². The second-order valence-corrected chi connectivity index (χ2v) is 4.00. The van der Waals surface area contributed by atoms with Crippen LogP contribution in [0.2, 0.25) is 5.02 Å². The van der Waals surface area contributed by atoms with E-state index in [-0.39, 0.29) is 22.1 Å². The van der Waals surface area contributed by atoms with Gasteiger partial charge in [-0.15, -0.1) is 0 Å². The van der Waals surface area contributed by atoms with Crippen LogP contribution >= 0.6 is 11.6 Å². The van der Waals surface area contributed by atoms with Gasteiger partial charge in [-0.2, -0.15) is 0 Å². The van der Waals surface area contributed by atoms with Crippen LogP contribution in [0.3, 0.4) is 0 Å². The van der Waals surface area contributed by atoms with E-state index >= 15 is 0 Å². The van der Waals surface area contributed by atoms with E-state index in [1.165, 1.54) is 6.07 Å². The van der Waals surface area contributed by atoms with Crippen molar-refractivity contribution < 1.29 is 19.4 Å². The van der Waals surface area contributed by atoms with Crippen LogP contribution in [0.25, 0.3) is 5.76 Å². The monoisotopic (exact) mass is 254 g/mol. The third-order valence-corrected chi connectivity index (χ3v) is 2.90. The summed E-state index contributed by atoms with van der Waals surface area (Å²) in [7, 11) is 0. The maximum absolute atomic E-state index is 10.6. The van der Waals surface area contributed by atoms with E-state index in [1.54, 1.807) is 5.94 Å². The molecule has 90 valence electrons. The fourth-order valence-corrected chi connectivity index (χ4v) is 2.10. The Morgan fingerprint density at radius 2 is 2.35 bits per heavy atom. The summed E-state index contributed by atoms with van der Waals surface area (Å²) < 4.78 is 11.0. The van der Waals surface area contributed by atoms with Crippen molar-refractivity contribution in [2.45, 2.75) is 20.0 Å². The van der Waals surface area contributed by atoms with Gasteiger partial charge in [-0.1, -0.05) is 11.6 Å². The first-order valence-electron chi connectivity index (χ1n) is 5.20. The highest BCUT2D eigenvalue weighted by atomic mass is 35.5. The number of phenolic OH excluding ortho intramolecular Hbond substituents is 1. The number of rotatable bonds is 2. The summed E-state index contributed by atoms with van der Waals surface area (Å²) in [6.45, 7) is 4.13. The molecule has 0 aliphatic carbocycles. The van der Waals surface area contributed by atoms with Gasteiger partial charge in [-0.25, -0.2) is 4.79 Å². The fourth-order valence-electron chi connectivity index (χ4n) is 1.81. The standard InChI is InChI=1S/C12H11ClO4/c1-3-16-12-6(2)17-8-4-7(5-14)11(15)10(13)9(8)12/h4,6,15H,3H2,1-2H3. The van der Waals surface area contributed by atoms with Crippen LogP contribution in [0, 0.1) is 0 Å². The summed E-state index contributed by atoms with van der Waals surface area (Å²) in [5.74, 6) is 2.32. The Labute approximate surface area is 103 Å². The van der Waals surface area contributed by atoms with Crippen LogP contribution in [0.15, 0.2) is 6.07 Å². The van der Waals surface area contributed by atoms with Crippen LogP contribution in [-0.4, -0.2) is 23.8 Å². The molecule has 1 unspecified atom stereocenters. The number of benzene rings is 1. The molecule has 1 atom stereocenters. The molecule has 5 heteroatoms. The molecule has 0 bridgehead atoms. The van der Waals surface area contributed by atoms with E-state index in [0.717, 1.165) is 0 Å². The number of ether oxygens (including phenoxy) is 2. The van der Waals surface area contributed by atoms with Crippen LogP contribution in [0.4, 0.5) is 0 Å². The number of hydrogen-bond donors (Lipinski definition) is 1. The third-order valence-electron chi connectivity index (χ3n) is 2.53. The predicted octanol–water partition coefficient (Wildman–Crippen LogP) is 0.474. The van der Waals surface area contributed by atoms with Crippen LogP contribution in [0.1, 0.15) is 13.8 Å². The van der Waals surface area contributed by atoms with E-state index in [1.807, 2.05) is 13.8 Å². The molecule has 0 saturated heterocycles. The molecule has 1 N–H and O–H groups in total. The van der Waals surface area contributed by atoms with Crippen molar-refractivity contribution in [3.8, 4) is 11.5 Å². The maximum atomic E-state index is 10.6. The van der Waals surface area contributed by atoms with Crippen LogP contribution < -0.4 is 15.2 Å². The number of fused-ring (bicyclic) bond motifs is 1. The number of carbonyl (C=O) groups excluding carboxylic acids is 1. The minimum Gasteiger partial charge on any atom is -0.505 e. The molecule has 0 radical (unpaired) electrons. The number of hydrogen-bond acceptors (Lipinski definition) is 4. The molecule has 1 aliphatic rings. The SMILES string of the molecule is CCOC1=c2c(cc(=C=O)c(O)c2Cl)OC1C. The molecule has 0 amide bonds. The van der Waals surface area contributed by atoms with Gasteiger partial charge in [-0.3, -0.25) is 0 Å². The molecule has 0 fully saturated rings. The van der Waals surface area contributed by atoms with E-state index in [0.29, 0.717) is 23.3 Å². The Balaban J connectivity index is 2.84. The average molecular weight is 255 g/mol. The highest BCUT2D eigenvalue weighted by molar-refractivity contribution is 6.32. The maximum Gasteiger partial charge on any atom is 0.153 e. The topological polar surface area (TPSA) is 55.8 Å². The van der Waals surface area contributed by atoms with Crippen molar-refractivity contribution in [2.75, 3.05) is 6.61 Å². The third kappa shape index (κ3) is 1.75. The number of halogens is 1. The van der Waals surface area contributed by atoms with E-state index in [2.05, 4.69) is 0 Å². The number of aromatic hydroxyl groups is 1. The van der Waals surface area contributed by atoms with Gasteiger partial charge in [0.05, 0.1) is 16.8 Å². The van der Waals surface area contributed by atoms with Crippen molar-refractivity contribution in [2.24, 2.45) is 0 Å². The van der Waals surface area contributed by atoms with Gasteiger partial charge >= 0.3 is 0 Å². The minimum atomic E-state index is -0.296. The Bertz CT molecular complexity index is 602. The summed E-state index contributed by atoms with van der Waals surface area (Å²) in [6.07, 6.45) is -0.288. The lowest BCUT2D eigenvalue weighted by Crippen LogP contribution is -2.15. The molecule has 1 aromatic carbocycles. The average Bonchev–Trinajstić information content (AvgIpc) is 2.61. The van der Waals surface area contributed by atoms with Gasteiger partial charge in [0, 0.05) is 6.07 Å². The summed E-state index contributed by atoms with van der Waals surface area (Å²) in [5, 5.41) is 10.3. The highest BCUT2D eigenvalue weighted by Gasteiger charge is 2.26. The van der Waals surface area contributed by atoms with E-state index in [9.17, 15) is 9.90 Å². The first-order chi connectivity index (χ1) is 8.10. The zero-order chi connectivity index (χ0) is 12.6. The molecule has 4 nitrogen and oxygen atoms in total. The summed E-state index contributed by atoms with van der Waals surface area (Å²) in [5.41, 5.74) is 0. The Morgan fingerprint density at radius 1 is 1.65 bits per heavy atom. The summed E-state index contributed by atoms with van der Waals surface area (Å²) >= 11 is 6.01. The summed E-state index contributed by atoms with van der Waals surface area (Å²) in [4.78, 5) is 10.6. The molecule has 0 saturated carbocycles. The van der Waals surface area contributed by atoms with E-state index < -0.39 is 0 Å². The molecule has 1 aliphatic heterocycles. The minimum absolute atomic E-state index is 0.0151. The zero-order valence-corrected chi connectivity index (χ0v) is 10.2. The smallest absolute Gasteiger partial charge is 0.153 e. The van der Waals surface area contributed by atoms with Gasteiger partial charge in [0.15, 0.2) is 11.9 Å². The molecule has 2 rings (SSSR count). The van der Waals surface area contributed by atoms with Gasteiger partial charge in [-0.05, 0) is 13.8 Å². The quantitative estimate of drug-likeness (QED) is 0.834. The lowest BCUT2D eigenvalue weighted by Gasteiger charge is -2.09. The lowest BCUT2D eigenvalue weighted by molar-refractivity contribution is 0.208. The summed E-state index contributed by atoms with van der Waals surface area (Å²) in [6, 6.07) is 1.41. The van der Waals surface area contributed by atoms with Crippen molar-refractivity contribution in [3.05, 3.63) is 21.5 Å². The van der Waals surface area contributed by atoms with Crippen molar-refractivity contribution >= 4 is 23.3 Å². The van der Waals surface area contributed by atoms with E-state index in [4.69, 9.17) is 21.1 Å². The highest BCUT2D eigenvalue weighted by Crippen LogP contribution is 2.26. The molecular formula is C12H11ClO4. The predicted molar refractivity (Wildman–Crippen MR) is 62.3 cm³/mol. The van der Waals surface area contributed by atoms with Gasteiger partial charge in [0.25, 0.3) is 0 Å².